The lowest BCUT2D eigenvalue weighted by molar-refractivity contribution is -0.117. The van der Waals surface area contributed by atoms with Crippen LogP contribution in [0, 0.1) is 25.2 Å². The van der Waals surface area contributed by atoms with E-state index in [0.717, 1.165) is 39.2 Å². The Hall–Kier alpha value is -4.11. The van der Waals surface area contributed by atoms with E-state index in [-0.39, 0.29) is 11.5 Å². The molecule has 154 valence electrons. The molecular weight excluding hydrogens is 386 g/mol. The van der Waals surface area contributed by atoms with Crippen LogP contribution in [-0.2, 0) is 11.2 Å². The second kappa shape index (κ2) is 8.72. The van der Waals surface area contributed by atoms with Gasteiger partial charge in [-0.05, 0) is 61.7 Å². The Morgan fingerprint density at radius 2 is 2.03 bits per heavy atom. The quantitative estimate of drug-likeness (QED) is 0.369. The van der Waals surface area contributed by atoms with Crippen LogP contribution >= 0.6 is 0 Å². The molecule has 6 heteroatoms. The van der Waals surface area contributed by atoms with Gasteiger partial charge >= 0.3 is 0 Å². The Balaban J connectivity index is 1.48. The predicted molar refractivity (Wildman–Crippen MR) is 122 cm³/mol. The van der Waals surface area contributed by atoms with Crippen molar-refractivity contribution in [2.24, 2.45) is 0 Å². The van der Waals surface area contributed by atoms with Crippen molar-refractivity contribution >= 4 is 22.9 Å². The normalized spacial score (nSPS) is 11.5. The molecule has 6 nitrogen and oxygen atoms in total. The van der Waals surface area contributed by atoms with Crippen LogP contribution in [0.1, 0.15) is 22.5 Å². The minimum atomic E-state index is -0.370. The number of para-hydroxylation sites is 1. The first-order valence-corrected chi connectivity index (χ1v) is 10.1. The van der Waals surface area contributed by atoms with E-state index in [1.165, 1.54) is 0 Å². The number of hydrogen-bond acceptors (Lipinski definition) is 3. The molecule has 0 saturated carbocycles. The van der Waals surface area contributed by atoms with E-state index in [4.69, 9.17) is 0 Å². The van der Waals surface area contributed by atoms with Gasteiger partial charge in [0.1, 0.15) is 17.5 Å². The summed E-state index contributed by atoms with van der Waals surface area (Å²) in [5.74, 6) is 0.434. The molecule has 3 aromatic heterocycles. The zero-order valence-electron chi connectivity index (χ0n) is 17.5. The van der Waals surface area contributed by atoms with Gasteiger partial charge in [0.05, 0.1) is 0 Å². The molecule has 1 aromatic carbocycles. The minimum Gasteiger partial charge on any atom is -0.361 e. The fourth-order valence-electron chi connectivity index (χ4n) is 3.82. The monoisotopic (exact) mass is 409 g/mol. The lowest BCUT2D eigenvalue weighted by Gasteiger charge is -2.08. The number of aromatic amines is 1. The Bertz CT molecular complexity index is 1300. The second-order valence-corrected chi connectivity index (χ2v) is 7.39. The number of hydrogen-bond donors (Lipinski definition) is 2. The van der Waals surface area contributed by atoms with Crippen LogP contribution in [0.3, 0.4) is 0 Å². The summed E-state index contributed by atoms with van der Waals surface area (Å²) in [5.41, 5.74) is 5.03. The molecule has 0 saturated heterocycles. The number of nitrogens with zero attached hydrogens (tertiary/aromatic N) is 3. The number of fused-ring (bicyclic) bond motifs is 1. The van der Waals surface area contributed by atoms with E-state index in [1.807, 2.05) is 73.1 Å². The fraction of sp³-hybridized carbons (Fsp3) is 0.160. The molecule has 0 radical (unpaired) electrons. The highest BCUT2D eigenvalue weighted by atomic mass is 16.1. The lowest BCUT2D eigenvalue weighted by atomic mass is 10.1. The highest BCUT2D eigenvalue weighted by Crippen LogP contribution is 2.22. The number of nitrogens with one attached hydrogen (secondary N) is 2. The number of nitriles is 1. The summed E-state index contributed by atoms with van der Waals surface area (Å²) in [7, 11) is 0. The summed E-state index contributed by atoms with van der Waals surface area (Å²) in [6, 6.07) is 17.8. The third-order valence-corrected chi connectivity index (χ3v) is 5.37. The molecule has 3 heterocycles. The molecule has 0 unspecified atom stereocenters. The summed E-state index contributed by atoms with van der Waals surface area (Å²) in [6.07, 6.45) is 6.03. The van der Waals surface area contributed by atoms with Crippen LogP contribution in [0.5, 0.6) is 0 Å². The molecule has 2 N–H and O–H groups in total. The first-order chi connectivity index (χ1) is 15.1. The molecule has 4 aromatic rings. The number of carbonyl (C=O) groups excluding carboxylic acids is 1. The average Bonchev–Trinajstić information content (AvgIpc) is 3.32. The van der Waals surface area contributed by atoms with Gasteiger partial charge in [0, 0.05) is 41.2 Å². The average molecular weight is 409 g/mol. The van der Waals surface area contributed by atoms with E-state index >= 15 is 0 Å². The van der Waals surface area contributed by atoms with Gasteiger partial charge in [-0.25, -0.2) is 4.98 Å². The van der Waals surface area contributed by atoms with E-state index in [0.29, 0.717) is 13.0 Å². The summed E-state index contributed by atoms with van der Waals surface area (Å²) in [5, 5.41) is 13.6. The number of amides is 1. The molecule has 0 bridgehead atoms. The maximum atomic E-state index is 12.6. The number of H-pyrrole nitrogens is 1. The topological polar surface area (TPSA) is 86.5 Å². The largest absolute Gasteiger partial charge is 0.361 e. The van der Waals surface area contributed by atoms with Gasteiger partial charge in [-0.3, -0.25) is 4.79 Å². The van der Waals surface area contributed by atoms with Crippen molar-refractivity contribution < 1.29 is 4.79 Å². The van der Waals surface area contributed by atoms with Gasteiger partial charge in [-0.1, -0.05) is 24.3 Å². The Morgan fingerprint density at radius 3 is 2.81 bits per heavy atom. The first kappa shape index (κ1) is 20.2. The summed E-state index contributed by atoms with van der Waals surface area (Å²) < 4.78 is 2.01. The first-order valence-electron chi connectivity index (χ1n) is 10.1. The van der Waals surface area contributed by atoms with Crippen molar-refractivity contribution in [3.8, 4) is 11.9 Å². The van der Waals surface area contributed by atoms with Gasteiger partial charge in [-0.2, -0.15) is 5.26 Å². The van der Waals surface area contributed by atoms with Crippen LogP contribution in [0.2, 0.25) is 0 Å². The van der Waals surface area contributed by atoms with Crippen molar-refractivity contribution in [2.45, 2.75) is 20.3 Å². The van der Waals surface area contributed by atoms with Crippen molar-refractivity contribution in [3.63, 3.8) is 0 Å². The maximum absolute atomic E-state index is 12.6. The van der Waals surface area contributed by atoms with Crippen molar-refractivity contribution in [2.75, 3.05) is 6.54 Å². The number of carbonyl (C=O) groups is 1. The number of benzene rings is 1. The molecule has 0 fully saturated rings. The molecule has 0 spiro atoms. The second-order valence-electron chi connectivity index (χ2n) is 7.39. The van der Waals surface area contributed by atoms with Crippen LogP contribution in [0.15, 0.2) is 66.5 Å². The minimum absolute atomic E-state index is 0.0835. The number of aryl methyl sites for hydroxylation is 1. The van der Waals surface area contributed by atoms with Crippen LogP contribution in [0.25, 0.3) is 22.8 Å². The van der Waals surface area contributed by atoms with Gasteiger partial charge < -0.3 is 14.9 Å². The summed E-state index contributed by atoms with van der Waals surface area (Å²) in [4.78, 5) is 20.3. The number of rotatable bonds is 6. The number of aromatic nitrogens is 3. The molecule has 0 atom stereocenters. The van der Waals surface area contributed by atoms with Crippen molar-refractivity contribution in [1.29, 1.82) is 5.26 Å². The Morgan fingerprint density at radius 1 is 1.23 bits per heavy atom. The lowest BCUT2D eigenvalue weighted by Crippen LogP contribution is -2.26. The highest BCUT2D eigenvalue weighted by molar-refractivity contribution is 6.01. The molecule has 31 heavy (non-hydrogen) atoms. The zero-order chi connectivity index (χ0) is 21.8. The molecular formula is C25H23N5O. The zero-order valence-corrected chi connectivity index (χ0v) is 17.5. The Labute approximate surface area is 180 Å². The SMILES string of the molecule is Cc1cc(C=C(C#N)C(=O)NCCc2c[nH]c3ccccc23)c(C)n1-c1ccccn1. The maximum Gasteiger partial charge on any atom is 0.261 e. The van der Waals surface area contributed by atoms with E-state index < -0.39 is 0 Å². The van der Waals surface area contributed by atoms with Gasteiger partial charge in [0.15, 0.2) is 0 Å². The van der Waals surface area contributed by atoms with Gasteiger partial charge in [0.2, 0.25) is 0 Å². The molecule has 1 amide bonds. The van der Waals surface area contributed by atoms with Crippen LogP contribution in [0.4, 0.5) is 0 Å². The van der Waals surface area contributed by atoms with Crippen LogP contribution in [-0.4, -0.2) is 27.0 Å². The van der Waals surface area contributed by atoms with Crippen molar-refractivity contribution in [3.05, 3.63) is 89.0 Å². The summed E-state index contributed by atoms with van der Waals surface area (Å²) >= 11 is 0. The van der Waals surface area contributed by atoms with E-state index in [2.05, 4.69) is 21.4 Å². The van der Waals surface area contributed by atoms with Crippen molar-refractivity contribution in [1.82, 2.24) is 19.9 Å². The van der Waals surface area contributed by atoms with Gasteiger partial charge in [0.25, 0.3) is 5.91 Å². The van der Waals surface area contributed by atoms with Crippen LogP contribution < -0.4 is 5.32 Å². The number of pyridine rings is 1. The molecule has 0 aliphatic carbocycles. The predicted octanol–water partition coefficient (Wildman–Crippen LogP) is 4.24. The highest BCUT2D eigenvalue weighted by Gasteiger charge is 2.14. The molecule has 0 aliphatic rings. The fourth-order valence-corrected chi connectivity index (χ4v) is 3.82. The third-order valence-electron chi connectivity index (χ3n) is 5.37. The smallest absolute Gasteiger partial charge is 0.261 e. The van der Waals surface area contributed by atoms with E-state index in [1.54, 1.807) is 12.3 Å². The van der Waals surface area contributed by atoms with Gasteiger partial charge in [-0.15, -0.1) is 0 Å². The standard InChI is InChI=1S/C25H23N5O/c1-17-13-20(18(2)30(17)24-9-5-6-11-27-24)14-21(15-26)25(31)28-12-10-19-16-29-23-8-4-3-7-22(19)23/h3-9,11,13-14,16,29H,10,12H2,1-2H3,(H,28,31). The molecule has 0 aliphatic heterocycles. The molecule has 4 rings (SSSR count). The summed E-state index contributed by atoms with van der Waals surface area (Å²) in [6.45, 7) is 4.39. The third kappa shape index (κ3) is 4.12. The Kier molecular flexibility index (Phi) is 5.67. The van der Waals surface area contributed by atoms with E-state index in [9.17, 15) is 10.1 Å².